The number of ether oxygens (including phenoxy) is 4. The van der Waals surface area contributed by atoms with Gasteiger partial charge in [0.2, 0.25) is 11.8 Å². The molecule has 1 saturated heterocycles. The van der Waals surface area contributed by atoms with Crippen molar-refractivity contribution in [3.63, 3.8) is 0 Å². The number of methoxy groups -OCH3 is 4. The first-order chi connectivity index (χ1) is 13.8. The third-order valence-electron chi connectivity index (χ3n) is 4.56. The van der Waals surface area contributed by atoms with Crippen LogP contribution in [0.5, 0.6) is 11.5 Å². The van der Waals surface area contributed by atoms with Gasteiger partial charge in [-0.2, -0.15) is 0 Å². The highest BCUT2D eigenvalue weighted by Crippen LogP contribution is 2.36. The zero-order chi connectivity index (χ0) is 21.6. The maximum atomic E-state index is 12.9. The van der Waals surface area contributed by atoms with Gasteiger partial charge >= 0.3 is 11.9 Å². The second kappa shape index (κ2) is 9.76. The molecule has 0 aliphatic carbocycles. The monoisotopic (exact) mass is 408 g/mol. The quantitative estimate of drug-likeness (QED) is 0.562. The van der Waals surface area contributed by atoms with Crippen LogP contribution in [0.25, 0.3) is 0 Å². The predicted molar refractivity (Wildman–Crippen MR) is 101 cm³/mol. The molecule has 0 bridgehead atoms. The minimum Gasteiger partial charge on any atom is -0.497 e. The van der Waals surface area contributed by atoms with Crippen LogP contribution in [0.2, 0.25) is 0 Å². The zero-order valence-electron chi connectivity index (χ0n) is 16.8. The Hall–Kier alpha value is -3.30. The molecule has 29 heavy (non-hydrogen) atoms. The van der Waals surface area contributed by atoms with Crippen LogP contribution in [-0.4, -0.2) is 76.7 Å². The molecule has 1 aromatic carbocycles. The van der Waals surface area contributed by atoms with Crippen molar-refractivity contribution in [1.82, 2.24) is 4.90 Å². The summed E-state index contributed by atoms with van der Waals surface area (Å²) in [4.78, 5) is 51.3. The lowest BCUT2D eigenvalue weighted by molar-refractivity contribution is -0.153. The molecule has 1 atom stereocenters. The Morgan fingerprint density at radius 2 is 1.66 bits per heavy atom. The average molecular weight is 408 g/mol. The van der Waals surface area contributed by atoms with Crippen LogP contribution in [0.3, 0.4) is 0 Å². The van der Waals surface area contributed by atoms with Gasteiger partial charge in [-0.05, 0) is 12.1 Å². The summed E-state index contributed by atoms with van der Waals surface area (Å²) < 4.78 is 19.7. The van der Waals surface area contributed by atoms with Crippen molar-refractivity contribution < 1.29 is 38.1 Å². The minimum atomic E-state index is -0.743. The number of amides is 2. The second-order valence-electron chi connectivity index (χ2n) is 6.29. The molecule has 1 fully saturated rings. The zero-order valence-corrected chi connectivity index (χ0v) is 16.8. The van der Waals surface area contributed by atoms with Crippen molar-refractivity contribution in [2.24, 2.45) is 5.92 Å². The molecule has 10 heteroatoms. The van der Waals surface area contributed by atoms with Crippen molar-refractivity contribution in [3.8, 4) is 11.5 Å². The van der Waals surface area contributed by atoms with E-state index in [-0.39, 0.29) is 18.9 Å². The van der Waals surface area contributed by atoms with E-state index in [1.54, 1.807) is 18.2 Å². The molecule has 0 N–H and O–H groups in total. The number of hydrogen-bond acceptors (Lipinski definition) is 8. The van der Waals surface area contributed by atoms with E-state index in [0.29, 0.717) is 17.2 Å². The van der Waals surface area contributed by atoms with Gasteiger partial charge in [-0.3, -0.25) is 19.2 Å². The molecule has 0 spiro atoms. The highest BCUT2D eigenvalue weighted by atomic mass is 16.5. The third-order valence-corrected chi connectivity index (χ3v) is 4.56. The van der Waals surface area contributed by atoms with Crippen LogP contribution in [0.15, 0.2) is 18.2 Å². The Labute approximate surface area is 168 Å². The first kappa shape index (κ1) is 22.0. The molecule has 1 aromatic rings. The summed E-state index contributed by atoms with van der Waals surface area (Å²) in [6, 6.07) is 5.00. The second-order valence-corrected chi connectivity index (χ2v) is 6.29. The van der Waals surface area contributed by atoms with Gasteiger partial charge in [-0.25, -0.2) is 0 Å². The molecule has 2 rings (SSSR count). The number of carbonyl (C=O) groups excluding carboxylic acids is 4. The maximum Gasteiger partial charge on any atom is 0.325 e. The number of hydrogen-bond donors (Lipinski definition) is 0. The molecule has 2 amide bonds. The van der Waals surface area contributed by atoms with E-state index in [0.717, 1.165) is 4.90 Å². The fraction of sp³-hybridized carbons (Fsp3) is 0.474. The van der Waals surface area contributed by atoms with E-state index in [1.807, 2.05) is 0 Å². The number of anilines is 1. The van der Waals surface area contributed by atoms with Crippen molar-refractivity contribution in [2.75, 3.05) is 53.0 Å². The lowest BCUT2D eigenvalue weighted by atomic mass is 10.1. The van der Waals surface area contributed by atoms with Gasteiger partial charge in [0.25, 0.3) is 0 Å². The molecule has 158 valence electrons. The smallest absolute Gasteiger partial charge is 0.325 e. The first-order valence-corrected chi connectivity index (χ1v) is 8.79. The lowest BCUT2D eigenvalue weighted by Crippen LogP contribution is -2.44. The van der Waals surface area contributed by atoms with E-state index in [2.05, 4.69) is 9.47 Å². The fourth-order valence-corrected chi connectivity index (χ4v) is 3.02. The molecule has 0 radical (unpaired) electrons. The van der Waals surface area contributed by atoms with Gasteiger partial charge in [0.15, 0.2) is 0 Å². The predicted octanol–water partition coefficient (Wildman–Crippen LogP) is 0.231. The fourth-order valence-electron chi connectivity index (χ4n) is 3.02. The van der Waals surface area contributed by atoms with Crippen LogP contribution in [0.1, 0.15) is 6.42 Å². The maximum absolute atomic E-state index is 12.9. The van der Waals surface area contributed by atoms with E-state index in [9.17, 15) is 19.2 Å². The largest absolute Gasteiger partial charge is 0.497 e. The van der Waals surface area contributed by atoms with Crippen LogP contribution < -0.4 is 14.4 Å². The highest BCUT2D eigenvalue weighted by molar-refractivity contribution is 6.02. The number of rotatable bonds is 8. The van der Waals surface area contributed by atoms with Crippen LogP contribution in [0.4, 0.5) is 5.69 Å². The van der Waals surface area contributed by atoms with Gasteiger partial charge in [0, 0.05) is 19.0 Å². The van der Waals surface area contributed by atoms with Crippen molar-refractivity contribution in [1.29, 1.82) is 0 Å². The van der Waals surface area contributed by atoms with E-state index >= 15 is 0 Å². The number of benzene rings is 1. The van der Waals surface area contributed by atoms with Gasteiger partial charge in [-0.15, -0.1) is 0 Å². The Morgan fingerprint density at radius 3 is 2.17 bits per heavy atom. The van der Waals surface area contributed by atoms with Gasteiger partial charge in [-0.1, -0.05) is 0 Å². The Kier molecular flexibility index (Phi) is 7.40. The van der Waals surface area contributed by atoms with Crippen molar-refractivity contribution in [2.45, 2.75) is 6.42 Å². The highest BCUT2D eigenvalue weighted by Gasteiger charge is 2.39. The third kappa shape index (κ3) is 5.15. The molecule has 1 aliphatic rings. The van der Waals surface area contributed by atoms with Gasteiger partial charge in [0.1, 0.15) is 24.6 Å². The molecule has 1 aliphatic heterocycles. The van der Waals surface area contributed by atoms with Crippen LogP contribution >= 0.6 is 0 Å². The summed E-state index contributed by atoms with van der Waals surface area (Å²) in [6.07, 6.45) is -0.0714. The minimum absolute atomic E-state index is 0.0695. The molecule has 0 aromatic heterocycles. The van der Waals surface area contributed by atoms with Crippen LogP contribution in [-0.2, 0) is 28.7 Å². The molecule has 1 heterocycles. The molecule has 0 saturated carbocycles. The summed E-state index contributed by atoms with van der Waals surface area (Å²) >= 11 is 0. The Balaban J connectivity index is 2.24. The molecule has 1 unspecified atom stereocenters. The average Bonchev–Trinajstić information content (AvgIpc) is 3.13. The molecule has 10 nitrogen and oxygen atoms in total. The van der Waals surface area contributed by atoms with Gasteiger partial charge in [0.05, 0.1) is 40.0 Å². The summed E-state index contributed by atoms with van der Waals surface area (Å²) in [5.74, 6) is -1.93. The first-order valence-electron chi connectivity index (χ1n) is 8.79. The number of nitrogens with zero attached hydrogens (tertiary/aromatic N) is 2. The number of esters is 2. The molecular formula is C19H24N2O8. The normalized spacial score (nSPS) is 15.7. The SMILES string of the molecule is COC(=O)CN(CC(=O)OC)C(=O)C1CC(=O)N(c2cc(OC)ccc2OC)C1. The van der Waals surface area contributed by atoms with Gasteiger partial charge < -0.3 is 28.7 Å². The topological polar surface area (TPSA) is 112 Å². The summed E-state index contributed by atoms with van der Waals surface area (Å²) in [5, 5.41) is 0. The molecular weight excluding hydrogens is 384 g/mol. The lowest BCUT2D eigenvalue weighted by Gasteiger charge is -2.24. The van der Waals surface area contributed by atoms with E-state index in [1.165, 1.54) is 33.3 Å². The van der Waals surface area contributed by atoms with Crippen LogP contribution in [0, 0.1) is 5.92 Å². The van der Waals surface area contributed by atoms with E-state index in [4.69, 9.17) is 9.47 Å². The summed E-state index contributed by atoms with van der Waals surface area (Å²) in [6.45, 7) is -0.769. The van der Waals surface area contributed by atoms with Crippen molar-refractivity contribution >= 4 is 29.4 Å². The van der Waals surface area contributed by atoms with E-state index < -0.39 is 36.9 Å². The Bertz CT molecular complexity index is 776. The number of carbonyl (C=O) groups is 4. The Morgan fingerprint density at radius 1 is 1.03 bits per heavy atom. The summed E-state index contributed by atoms with van der Waals surface area (Å²) in [5.41, 5.74) is 0.472. The van der Waals surface area contributed by atoms with Crippen molar-refractivity contribution in [3.05, 3.63) is 18.2 Å². The summed E-state index contributed by atoms with van der Waals surface area (Å²) in [7, 11) is 5.34. The standard InChI is InChI=1S/C19H24N2O8/c1-26-13-5-6-15(27-2)14(8-13)21-9-12(7-16(21)22)19(25)20(10-17(23)28-3)11-18(24)29-4/h5-6,8,12H,7,9-11H2,1-4H3.